The minimum atomic E-state index is -2.89. The molecule has 7 heteroatoms. The topological polar surface area (TPSA) is 74.2 Å². The smallest absolute Gasteiger partial charge is 0.338 e. The van der Waals surface area contributed by atoms with E-state index in [0.717, 1.165) is 10.4 Å². The Morgan fingerprint density at radius 1 is 0.875 bits per heavy atom. The Hall–Kier alpha value is -2.81. The van der Waals surface area contributed by atoms with Crippen LogP contribution in [0.5, 0.6) is 0 Å². The number of aliphatic hydroxyl groups is 1. The molecule has 4 atom stereocenters. The molecule has 1 aliphatic carbocycles. The van der Waals surface area contributed by atoms with E-state index < -0.39 is 44.0 Å². The van der Waals surface area contributed by atoms with Crippen molar-refractivity contribution in [3.8, 4) is 0 Å². The van der Waals surface area contributed by atoms with Gasteiger partial charge in [0.1, 0.15) is 12.2 Å². The first-order chi connectivity index (χ1) is 18.9. The first-order valence-corrected chi connectivity index (χ1v) is 15.9. The third-order valence-corrected chi connectivity index (χ3v) is 13.0. The lowest BCUT2D eigenvalue weighted by atomic mass is 9.80. The second-order valence-electron chi connectivity index (χ2n) is 12.5. The van der Waals surface area contributed by atoms with Crippen LogP contribution in [0, 0.1) is 0 Å². The van der Waals surface area contributed by atoms with Crippen molar-refractivity contribution >= 4 is 24.7 Å². The van der Waals surface area contributed by atoms with Crippen molar-refractivity contribution in [2.45, 2.75) is 82.2 Å². The van der Waals surface area contributed by atoms with Crippen LogP contribution in [0.3, 0.4) is 0 Å². The summed E-state index contributed by atoms with van der Waals surface area (Å²) in [6, 6.07) is 29.6. The van der Waals surface area contributed by atoms with Crippen molar-refractivity contribution in [3.05, 3.63) is 96.6 Å². The molecule has 0 radical (unpaired) electrons. The molecule has 0 bridgehead atoms. The molecule has 1 N–H and O–H groups in total. The quantitative estimate of drug-likeness (QED) is 0.330. The number of benzene rings is 3. The second kappa shape index (κ2) is 10.9. The minimum absolute atomic E-state index is 0.0761. The molecule has 2 aliphatic rings. The van der Waals surface area contributed by atoms with Crippen LogP contribution in [0.1, 0.15) is 57.8 Å². The van der Waals surface area contributed by atoms with Gasteiger partial charge < -0.3 is 23.7 Å². The number of ether oxygens (including phenoxy) is 3. The van der Waals surface area contributed by atoms with Gasteiger partial charge in [-0.2, -0.15) is 0 Å². The third kappa shape index (κ3) is 5.67. The average Bonchev–Trinajstić information content (AvgIpc) is 3.23. The monoisotopic (exact) mass is 560 g/mol. The summed E-state index contributed by atoms with van der Waals surface area (Å²) >= 11 is 0. The highest BCUT2D eigenvalue weighted by molar-refractivity contribution is 6.99. The lowest BCUT2D eigenvalue weighted by molar-refractivity contribution is -0.154. The first kappa shape index (κ1) is 28.7. The first-order valence-electron chi connectivity index (χ1n) is 14.0. The maximum absolute atomic E-state index is 13.1. The molecule has 0 amide bonds. The van der Waals surface area contributed by atoms with Gasteiger partial charge in [0.2, 0.25) is 0 Å². The zero-order valence-corrected chi connectivity index (χ0v) is 25.0. The third-order valence-electron chi connectivity index (χ3n) is 7.99. The number of fused-ring (bicyclic) bond motifs is 1. The van der Waals surface area contributed by atoms with Crippen LogP contribution >= 0.6 is 0 Å². The van der Waals surface area contributed by atoms with Gasteiger partial charge in [-0.25, -0.2) is 4.79 Å². The van der Waals surface area contributed by atoms with Crippen LogP contribution in [-0.2, 0) is 18.6 Å². The van der Waals surface area contributed by atoms with Gasteiger partial charge >= 0.3 is 5.97 Å². The molecule has 3 aromatic rings. The molecule has 1 aliphatic heterocycles. The van der Waals surface area contributed by atoms with E-state index in [-0.39, 0.29) is 18.1 Å². The molecule has 1 heterocycles. The highest BCUT2D eigenvalue weighted by atomic mass is 28.4. The van der Waals surface area contributed by atoms with Gasteiger partial charge in [0, 0.05) is 12.8 Å². The van der Waals surface area contributed by atoms with Crippen LogP contribution in [0.25, 0.3) is 0 Å². The molecule has 0 spiro atoms. The van der Waals surface area contributed by atoms with Crippen molar-refractivity contribution in [1.82, 2.24) is 0 Å². The largest absolute Gasteiger partial charge is 0.456 e. The number of esters is 1. The van der Waals surface area contributed by atoms with Gasteiger partial charge in [0.05, 0.1) is 23.9 Å². The van der Waals surface area contributed by atoms with Crippen LogP contribution in [0.2, 0.25) is 5.04 Å². The molecule has 1 saturated carbocycles. The lowest BCUT2D eigenvalue weighted by Crippen LogP contribution is -2.68. The zero-order valence-electron chi connectivity index (χ0n) is 24.0. The molecule has 0 unspecified atom stereocenters. The van der Waals surface area contributed by atoms with E-state index in [1.807, 2.05) is 56.3 Å². The lowest BCUT2D eigenvalue weighted by Gasteiger charge is -2.47. The van der Waals surface area contributed by atoms with Gasteiger partial charge in [-0.15, -0.1) is 0 Å². The van der Waals surface area contributed by atoms with E-state index in [4.69, 9.17) is 18.6 Å². The van der Waals surface area contributed by atoms with Gasteiger partial charge in [0.25, 0.3) is 8.32 Å². The Kier molecular flexibility index (Phi) is 7.80. The summed E-state index contributed by atoms with van der Waals surface area (Å²) in [5.74, 6) is -1.30. The molecular formula is C33H40O6Si. The fourth-order valence-electron chi connectivity index (χ4n) is 6.30. The Morgan fingerprint density at radius 3 is 1.93 bits per heavy atom. The summed E-state index contributed by atoms with van der Waals surface area (Å²) in [7, 11) is -2.89. The molecule has 6 nitrogen and oxygen atoms in total. The fraction of sp³-hybridized carbons (Fsp3) is 0.424. The molecule has 3 aromatic carbocycles. The van der Waals surface area contributed by atoms with Crippen LogP contribution in [0.4, 0.5) is 0 Å². The van der Waals surface area contributed by atoms with E-state index >= 15 is 0 Å². The Labute approximate surface area is 238 Å². The van der Waals surface area contributed by atoms with Crippen LogP contribution < -0.4 is 10.4 Å². The normalized spacial score (nSPS) is 26.2. The number of hydrogen-bond donors (Lipinski definition) is 1. The fourth-order valence-corrected chi connectivity index (χ4v) is 10.9. The Bertz CT molecular complexity index is 1250. The van der Waals surface area contributed by atoms with E-state index in [1.54, 1.807) is 24.3 Å². The number of hydrogen-bond acceptors (Lipinski definition) is 6. The van der Waals surface area contributed by atoms with Crippen molar-refractivity contribution < 1.29 is 28.5 Å². The molecule has 2 fully saturated rings. The standard InChI is InChI=1S/C33H40O6Si/c1-31(2,3)40(25-17-11-7-12-18-25,26-19-13-8-14-20-26)36-23-33(35)21-27(29-28(22-33)38-32(4,5)39-29)37-30(34)24-15-9-6-10-16-24/h6-20,27-29,35H,21-23H2,1-5H3/t27-,28-,29+,33-/m1/s1. The number of carbonyl (C=O) groups is 1. The maximum Gasteiger partial charge on any atom is 0.338 e. The summed E-state index contributed by atoms with van der Waals surface area (Å²) in [6.07, 6.45) is -1.11. The predicted molar refractivity (Wildman–Crippen MR) is 157 cm³/mol. The van der Waals surface area contributed by atoms with Crippen molar-refractivity contribution in [3.63, 3.8) is 0 Å². The predicted octanol–water partition coefficient (Wildman–Crippen LogP) is 4.83. The Balaban J connectivity index is 1.47. The van der Waals surface area contributed by atoms with Crippen molar-refractivity contribution in [2.75, 3.05) is 6.61 Å². The van der Waals surface area contributed by atoms with Gasteiger partial charge in [0.15, 0.2) is 5.79 Å². The van der Waals surface area contributed by atoms with E-state index in [0.29, 0.717) is 12.0 Å². The van der Waals surface area contributed by atoms with Crippen molar-refractivity contribution in [2.24, 2.45) is 0 Å². The highest BCUT2D eigenvalue weighted by Gasteiger charge is 2.57. The van der Waals surface area contributed by atoms with Crippen LogP contribution in [-0.4, -0.2) is 55.7 Å². The van der Waals surface area contributed by atoms with E-state index in [2.05, 4.69) is 45.0 Å². The summed E-state index contributed by atoms with van der Waals surface area (Å²) in [5, 5.41) is 14.2. The summed E-state index contributed by atoms with van der Waals surface area (Å²) < 4.78 is 25.5. The average molecular weight is 561 g/mol. The molecule has 212 valence electrons. The zero-order chi connectivity index (χ0) is 28.6. The summed E-state index contributed by atoms with van der Waals surface area (Å²) in [4.78, 5) is 13.1. The number of rotatable bonds is 7. The van der Waals surface area contributed by atoms with Crippen LogP contribution in [0.15, 0.2) is 91.0 Å². The maximum atomic E-state index is 13.1. The van der Waals surface area contributed by atoms with Gasteiger partial charge in [-0.1, -0.05) is 99.6 Å². The summed E-state index contributed by atoms with van der Waals surface area (Å²) in [5.41, 5.74) is -0.838. The van der Waals surface area contributed by atoms with Gasteiger partial charge in [-0.3, -0.25) is 0 Å². The minimum Gasteiger partial charge on any atom is -0.456 e. The SMILES string of the molecule is CC1(C)O[C@H]2[C@H](OC(=O)c3ccccc3)C[C@](O)(CO[Si](c3ccccc3)(c3ccccc3)C(C)(C)C)C[C@H]2O1. The van der Waals surface area contributed by atoms with Crippen molar-refractivity contribution in [1.29, 1.82) is 0 Å². The van der Waals surface area contributed by atoms with Gasteiger partial charge in [-0.05, 0) is 41.4 Å². The molecule has 5 rings (SSSR count). The summed E-state index contributed by atoms with van der Waals surface area (Å²) in [6.45, 7) is 10.4. The Morgan fingerprint density at radius 2 is 1.40 bits per heavy atom. The number of carbonyl (C=O) groups excluding carboxylic acids is 1. The molecule has 0 aromatic heterocycles. The molecule has 40 heavy (non-hydrogen) atoms. The molecule has 1 saturated heterocycles. The van der Waals surface area contributed by atoms with E-state index in [1.165, 1.54) is 0 Å². The van der Waals surface area contributed by atoms with E-state index in [9.17, 15) is 9.90 Å². The highest BCUT2D eigenvalue weighted by Crippen LogP contribution is 2.44. The second-order valence-corrected chi connectivity index (χ2v) is 16.8. The molecular weight excluding hydrogens is 520 g/mol.